The van der Waals surface area contributed by atoms with E-state index in [1.807, 2.05) is 19.1 Å². The molecule has 1 N–H and O–H groups in total. The molecule has 6 heteroatoms. The fourth-order valence-electron chi connectivity index (χ4n) is 5.62. The number of cyclic esters (lactones) is 1. The van der Waals surface area contributed by atoms with Crippen molar-refractivity contribution in [1.82, 2.24) is 0 Å². The zero-order valence-corrected chi connectivity index (χ0v) is 23.0. The van der Waals surface area contributed by atoms with Crippen LogP contribution in [0.3, 0.4) is 0 Å². The number of esters is 1. The molecule has 35 heavy (non-hydrogen) atoms. The molecule has 1 aliphatic carbocycles. The predicted molar refractivity (Wildman–Crippen MR) is 143 cm³/mol. The smallest absolute Gasteiger partial charge is 0.327 e. The second-order valence-corrected chi connectivity index (χ2v) is 13.4. The highest BCUT2D eigenvalue weighted by atomic mass is 32.2. The van der Waals surface area contributed by atoms with E-state index in [0.717, 1.165) is 53.7 Å². The van der Waals surface area contributed by atoms with E-state index < -0.39 is 10.9 Å². The van der Waals surface area contributed by atoms with Gasteiger partial charge in [0, 0.05) is 16.2 Å². The van der Waals surface area contributed by atoms with Crippen LogP contribution in [0.25, 0.3) is 0 Å². The van der Waals surface area contributed by atoms with E-state index in [2.05, 4.69) is 38.3 Å². The van der Waals surface area contributed by atoms with Gasteiger partial charge in [-0.1, -0.05) is 52.2 Å². The van der Waals surface area contributed by atoms with Gasteiger partial charge in [0.1, 0.15) is 5.60 Å². The van der Waals surface area contributed by atoms with E-state index in [1.54, 1.807) is 11.3 Å². The minimum Gasteiger partial charge on any atom is -0.457 e. The van der Waals surface area contributed by atoms with Gasteiger partial charge < -0.3 is 9.84 Å². The Hall–Kier alpha value is -1.63. The first-order valence-electron chi connectivity index (χ1n) is 12.8. The Morgan fingerprint density at radius 2 is 1.91 bits per heavy atom. The van der Waals surface area contributed by atoms with Crippen molar-refractivity contribution in [3.8, 4) is 0 Å². The lowest BCUT2D eigenvalue weighted by Gasteiger charge is -2.45. The van der Waals surface area contributed by atoms with Crippen molar-refractivity contribution in [2.75, 3.05) is 0 Å². The summed E-state index contributed by atoms with van der Waals surface area (Å²) in [5.41, 5.74) is 2.02. The third-order valence-electron chi connectivity index (χ3n) is 7.67. The molecule has 4 rings (SSSR count). The molecule has 2 aliphatic rings. The van der Waals surface area contributed by atoms with Crippen LogP contribution in [0.1, 0.15) is 87.3 Å². The molecule has 0 amide bonds. The van der Waals surface area contributed by atoms with Crippen LogP contribution in [0.15, 0.2) is 34.5 Å². The summed E-state index contributed by atoms with van der Waals surface area (Å²) in [6, 6.07) is 8.20. The van der Waals surface area contributed by atoms with Crippen LogP contribution in [0.4, 0.5) is 0 Å². The Balaban J connectivity index is 1.60. The number of thioether (sulfide) groups is 1. The number of benzene rings is 1. The van der Waals surface area contributed by atoms with Crippen LogP contribution in [-0.4, -0.2) is 27.7 Å². The average Bonchev–Trinajstić information content (AvgIpc) is 3.34. The molecule has 0 spiro atoms. The zero-order chi connectivity index (χ0) is 25.2. The quantitative estimate of drug-likeness (QED) is 0.326. The normalized spacial score (nSPS) is 24.0. The molecule has 2 unspecified atom stereocenters. The molecular formula is C29H38O4S2. The van der Waals surface area contributed by atoms with Crippen molar-refractivity contribution in [3.05, 3.63) is 51.2 Å². The summed E-state index contributed by atoms with van der Waals surface area (Å²) in [5.74, 6) is -0.134. The first kappa shape index (κ1) is 26.4. The number of aryl methyl sites for hydroxylation is 2. The van der Waals surface area contributed by atoms with Gasteiger partial charge in [-0.05, 0) is 78.1 Å². The number of aliphatic hydroxyl groups is 1. The van der Waals surface area contributed by atoms with E-state index in [9.17, 15) is 14.7 Å². The molecule has 2 heterocycles. The van der Waals surface area contributed by atoms with Gasteiger partial charge >= 0.3 is 5.97 Å². The van der Waals surface area contributed by atoms with E-state index in [-0.39, 0.29) is 29.7 Å². The van der Waals surface area contributed by atoms with Crippen LogP contribution in [0, 0.1) is 12.8 Å². The highest BCUT2D eigenvalue weighted by molar-refractivity contribution is 8.01. The van der Waals surface area contributed by atoms with Gasteiger partial charge in [0.15, 0.2) is 11.0 Å². The summed E-state index contributed by atoms with van der Waals surface area (Å²) in [4.78, 5) is 29.3. The largest absolute Gasteiger partial charge is 0.457 e. The van der Waals surface area contributed by atoms with Crippen LogP contribution < -0.4 is 0 Å². The molecule has 1 saturated carbocycles. The number of hydrogen-bond acceptors (Lipinski definition) is 6. The molecule has 1 aromatic heterocycles. The van der Waals surface area contributed by atoms with Gasteiger partial charge in [0.05, 0.1) is 6.61 Å². The Morgan fingerprint density at radius 3 is 2.51 bits per heavy atom. The third-order valence-corrected chi connectivity index (χ3v) is 9.89. The topological polar surface area (TPSA) is 63.6 Å². The predicted octanol–water partition coefficient (Wildman–Crippen LogP) is 6.77. The molecule has 1 saturated heterocycles. The summed E-state index contributed by atoms with van der Waals surface area (Å²) in [6.45, 7) is 8.27. The van der Waals surface area contributed by atoms with Gasteiger partial charge in [0.25, 0.3) is 0 Å². The van der Waals surface area contributed by atoms with Crippen molar-refractivity contribution >= 4 is 34.9 Å². The minimum atomic E-state index is -0.839. The van der Waals surface area contributed by atoms with Gasteiger partial charge in [-0.3, -0.25) is 9.59 Å². The maximum absolute atomic E-state index is 13.6. The summed E-state index contributed by atoms with van der Waals surface area (Å²) < 4.78 is 6.35. The number of hydrogen-bond donors (Lipinski definition) is 1. The van der Waals surface area contributed by atoms with Gasteiger partial charge in [-0.2, -0.15) is 0 Å². The Morgan fingerprint density at radius 1 is 1.17 bits per heavy atom. The highest BCUT2D eigenvalue weighted by Crippen LogP contribution is 2.46. The van der Waals surface area contributed by atoms with Crippen LogP contribution >= 0.6 is 23.1 Å². The molecule has 2 atom stereocenters. The van der Waals surface area contributed by atoms with Crippen molar-refractivity contribution in [1.29, 1.82) is 0 Å². The maximum atomic E-state index is 13.6. The van der Waals surface area contributed by atoms with Crippen LogP contribution in [0.5, 0.6) is 0 Å². The molecule has 190 valence electrons. The number of carbonyl (C=O) groups excluding carboxylic acids is 2. The van der Waals surface area contributed by atoms with Gasteiger partial charge in [-0.25, -0.2) is 0 Å². The third kappa shape index (κ3) is 5.86. The number of rotatable bonds is 7. The zero-order valence-electron chi connectivity index (χ0n) is 21.4. The minimum absolute atomic E-state index is 0.00764. The lowest BCUT2D eigenvalue weighted by molar-refractivity contribution is -0.179. The number of thiophene rings is 1. The van der Waals surface area contributed by atoms with Gasteiger partial charge in [-0.15, -0.1) is 23.1 Å². The summed E-state index contributed by atoms with van der Waals surface area (Å²) in [7, 11) is 0. The van der Waals surface area contributed by atoms with Crippen molar-refractivity contribution in [2.24, 2.45) is 5.92 Å². The van der Waals surface area contributed by atoms with E-state index in [1.165, 1.54) is 23.1 Å². The van der Waals surface area contributed by atoms with E-state index >= 15 is 0 Å². The fourth-order valence-corrected chi connectivity index (χ4v) is 7.68. The van der Waals surface area contributed by atoms with Crippen molar-refractivity contribution in [2.45, 2.75) is 107 Å². The lowest BCUT2D eigenvalue weighted by Crippen LogP contribution is -2.53. The molecule has 0 radical (unpaired) electrons. The summed E-state index contributed by atoms with van der Waals surface area (Å²) in [6.07, 6.45) is 7.41. The van der Waals surface area contributed by atoms with Gasteiger partial charge in [0.2, 0.25) is 0 Å². The van der Waals surface area contributed by atoms with E-state index in [0.29, 0.717) is 12.8 Å². The second-order valence-electron chi connectivity index (χ2n) is 11.2. The fraction of sp³-hybridized carbons (Fsp3) is 0.586. The molecule has 2 aromatic rings. The average molecular weight is 515 g/mol. The number of aliphatic hydroxyl groups excluding tert-OH is 1. The lowest BCUT2D eigenvalue weighted by atomic mass is 9.71. The molecular weight excluding hydrogens is 476 g/mol. The second kappa shape index (κ2) is 10.8. The molecule has 4 nitrogen and oxygen atoms in total. The molecule has 1 aliphatic heterocycles. The molecule has 1 aromatic carbocycles. The number of Topliss-reactive ketones (excluding diaryl/α,β-unsaturated/α-hetero) is 1. The summed E-state index contributed by atoms with van der Waals surface area (Å²) in [5, 5.41) is 11.0. The number of ketones is 1. The summed E-state index contributed by atoms with van der Waals surface area (Å²) >= 11 is 3.05. The van der Waals surface area contributed by atoms with E-state index in [4.69, 9.17) is 4.74 Å². The number of carbonyl (C=O) groups is 2. The van der Waals surface area contributed by atoms with Crippen LogP contribution in [-0.2, 0) is 32.8 Å². The van der Waals surface area contributed by atoms with Crippen LogP contribution in [0.2, 0.25) is 0 Å². The maximum Gasteiger partial charge on any atom is 0.327 e. The molecule has 2 fully saturated rings. The number of ether oxygens (including phenoxy) is 1. The first-order chi connectivity index (χ1) is 16.6. The highest BCUT2D eigenvalue weighted by Gasteiger charge is 2.51. The Bertz CT molecular complexity index is 1030. The Labute approximate surface area is 217 Å². The standard InChI is InChI=1S/C29H38O4S2/c1-19-15-25(23(28(2,3)4)16-20(19)18-30)35-26-24(31)17-29(33-27(26)32,21-9-6-5-7-10-21)13-12-22-11-8-14-34-22/h8,11,14-16,21,26,30H,5-7,9-10,12-13,17-18H2,1-4H3. The van der Waals surface area contributed by atoms with Crippen molar-refractivity contribution < 1.29 is 19.4 Å². The SMILES string of the molecule is Cc1cc(SC2C(=O)CC(CCc3cccs3)(C3CCCCC3)OC2=O)c(C(C)(C)C)cc1CO. The monoisotopic (exact) mass is 514 g/mol. The van der Waals surface area contributed by atoms with Crippen molar-refractivity contribution in [3.63, 3.8) is 0 Å². The molecule has 0 bridgehead atoms. The first-order valence-corrected chi connectivity index (χ1v) is 14.6. The Kier molecular flexibility index (Phi) is 8.14.